The number of thioether (sulfide) groups is 1. The Labute approximate surface area is 203 Å². The predicted molar refractivity (Wildman–Crippen MR) is 137 cm³/mol. The fraction of sp³-hybridized carbons (Fsp3) is 0.154. The number of hydrogen-bond donors (Lipinski definition) is 0. The van der Waals surface area contributed by atoms with E-state index in [2.05, 4.69) is 0 Å². The summed E-state index contributed by atoms with van der Waals surface area (Å²) in [6.07, 6.45) is 1.82. The van der Waals surface area contributed by atoms with E-state index in [9.17, 15) is 4.79 Å². The Morgan fingerprint density at radius 1 is 0.939 bits per heavy atom. The standard InChI is InChI=1S/C26H23NO4S2/c1-18-8-3-5-12-22(18)31-15-14-30-20-10-7-9-19(16-20)17-24-25(28)27(26(32)33-24)21-11-4-6-13-23(21)29-2/h3-13,16-17H,14-15H2,1-2H3/b24-17-. The van der Waals surface area contributed by atoms with Crippen LogP contribution < -0.4 is 19.1 Å². The molecule has 5 nitrogen and oxygen atoms in total. The number of ether oxygens (including phenoxy) is 3. The van der Waals surface area contributed by atoms with Crippen molar-refractivity contribution in [3.8, 4) is 17.2 Å². The van der Waals surface area contributed by atoms with Crippen LogP contribution in [0.2, 0.25) is 0 Å². The number of benzene rings is 3. The van der Waals surface area contributed by atoms with E-state index in [0.29, 0.717) is 39.6 Å². The number of rotatable bonds is 8. The highest BCUT2D eigenvalue weighted by molar-refractivity contribution is 8.27. The second kappa shape index (κ2) is 10.6. The van der Waals surface area contributed by atoms with E-state index in [4.69, 9.17) is 26.4 Å². The fourth-order valence-electron chi connectivity index (χ4n) is 3.36. The maximum atomic E-state index is 13.1. The topological polar surface area (TPSA) is 48.0 Å². The van der Waals surface area contributed by atoms with Crippen molar-refractivity contribution in [2.45, 2.75) is 6.92 Å². The first kappa shape index (κ1) is 22.9. The molecular weight excluding hydrogens is 454 g/mol. The van der Waals surface area contributed by atoms with Gasteiger partial charge in [-0.3, -0.25) is 9.69 Å². The van der Waals surface area contributed by atoms with Crippen LogP contribution in [0.25, 0.3) is 6.08 Å². The summed E-state index contributed by atoms with van der Waals surface area (Å²) >= 11 is 6.75. The third-order valence-electron chi connectivity index (χ3n) is 4.98. The number of anilines is 1. The predicted octanol–water partition coefficient (Wildman–Crippen LogP) is 5.87. The van der Waals surface area contributed by atoms with Gasteiger partial charge in [-0.2, -0.15) is 0 Å². The summed E-state index contributed by atoms with van der Waals surface area (Å²) in [7, 11) is 1.57. The number of carbonyl (C=O) groups is 1. The second-order valence-corrected chi connectivity index (χ2v) is 8.90. The monoisotopic (exact) mass is 477 g/mol. The first-order chi connectivity index (χ1) is 16.1. The number of thiocarbonyl (C=S) groups is 1. The summed E-state index contributed by atoms with van der Waals surface area (Å²) in [5.41, 5.74) is 2.58. The lowest BCUT2D eigenvalue weighted by Gasteiger charge is -2.17. The lowest BCUT2D eigenvalue weighted by Crippen LogP contribution is -2.27. The normalized spacial score (nSPS) is 14.6. The molecule has 0 radical (unpaired) electrons. The van der Waals surface area contributed by atoms with Crippen molar-refractivity contribution in [1.82, 2.24) is 0 Å². The zero-order chi connectivity index (χ0) is 23.2. The highest BCUT2D eigenvalue weighted by Gasteiger charge is 2.34. The zero-order valence-corrected chi connectivity index (χ0v) is 19.9. The van der Waals surface area contributed by atoms with E-state index >= 15 is 0 Å². The van der Waals surface area contributed by atoms with Gasteiger partial charge in [-0.15, -0.1) is 0 Å². The molecule has 1 amide bonds. The van der Waals surface area contributed by atoms with Crippen LogP contribution in [0.4, 0.5) is 5.69 Å². The number of carbonyl (C=O) groups excluding carboxylic acids is 1. The summed E-state index contributed by atoms with van der Waals surface area (Å²) in [5.74, 6) is 1.98. The summed E-state index contributed by atoms with van der Waals surface area (Å²) in [5, 5.41) is 0. The molecule has 168 valence electrons. The van der Waals surface area contributed by atoms with Gasteiger partial charge in [-0.1, -0.05) is 66.4 Å². The smallest absolute Gasteiger partial charge is 0.270 e. The van der Waals surface area contributed by atoms with Crippen LogP contribution in [0.1, 0.15) is 11.1 Å². The fourth-order valence-corrected chi connectivity index (χ4v) is 4.65. The van der Waals surface area contributed by atoms with Crippen molar-refractivity contribution >= 4 is 46.0 Å². The van der Waals surface area contributed by atoms with Gasteiger partial charge in [0.1, 0.15) is 30.5 Å². The molecule has 0 N–H and O–H groups in total. The third kappa shape index (κ3) is 5.38. The largest absolute Gasteiger partial charge is 0.495 e. The van der Waals surface area contributed by atoms with Crippen LogP contribution in [0.5, 0.6) is 17.2 Å². The molecule has 4 rings (SSSR count). The molecule has 0 spiro atoms. The van der Waals surface area contributed by atoms with Crippen molar-refractivity contribution in [1.29, 1.82) is 0 Å². The molecule has 0 saturated carbocycles. The number of hydrogen-bond acceptors (Lipinski definition) is 6. The van der Waals surface area contributed by atoms with Crippen LogP contribution in [-0.2, 0) is 4.79 Å². The van der Waals surface area contributed by atoms with Crippen LogP contribution >= 0.6 is 24.0 Å². The minimum atomic E-state index is -0.174. The highest BCUT2D eigenvalue weighted by Crippen LogP contribution is 2.39. The molecule has 1 saturated heterocycles. The number of amides is 1. The first-order valence-electron chi connectivity index (χ1n) is 10.4. The van der Waals surface area contributed by atoms with Crippen molar-refractivity contribution in [2.75, 3.05) is 25.2 Å². The Morgan fingerprint density at radius 3 is 2.45 bits per heavy atom. The second-order valence-electron chi connectivity index (χ2n) is 7.22. The Kier molecular flexibility index (Phi) is 7.32. The molecule has 3 aromatic rings. The van der Waals surface area contributed by atoms with E-state index in [1.54, 1.807) is 13.2 Å². The average molecular weight is 478 g/mol. The molecule has 0 aromatic heterocycles. The van der Waals surface area contributed by atoms with Crippen molar-refractivity contribution in [3.63, 3.8) is 0 Å². The Bertz CT molecular complexity index is 1210. The molecule has 1 fully saturated rings. The molecular formula is C26H23NO4S2. The highest BCUT2D eigenvalue weighted by atomic mass is 32.2. The molecule has 33 heavy (non-hydrogen) atoms. The number of aryl methyl sites for hydroxylation is 1. The number of methoxy groups -OCH3 is 1. The zero-order valence-electron chi connectivity index (χ0n) is 18.3. The van der Waals surface area contributed by atoms with Crippen LogP contribution in [0.15, 0.2) is 77.7 Å². The Morgan fingerprint density at radius 2 is 1.67 bits per heavy atom. The minimum absolute atomic E-state index is 0.174. The molecule has 7 heteroatoms. The van der Waals surface area contributed by atoms with E-state index < -0.39 is 0 Å². The number of para-hydroxylation sites is 3. The van der Waals surface area contributed by atoms with E-state index in [-0.39, 0.29) is 5.91 Å². The first-order valence-corrected chi connectivity index (χ1v) is 11.6. The molecule has 0 unspecified atom stereocenters. The van der Waals surface area contributed by atoms with Gasteiger partial charge in [0.25, 0.3) is 5.91 Å². The van der Waals surface area contributed by atoms with Gasteiger partial charge < -0.3 is 14.2 Å². The Balaban J connectivity index is 1.42. The maximum absolute atomic E-state index is 13.1. The molecule has 0 bridgehead atoms. The Hall–Kier alpha value is -3.29. The van der Waals surface area contributed by atoms with Crippen molar-refractivity contribution < 1.29 is 19.0 Å². The SMILES string of the molecule is COc1ccccc1N1C(=O)/C(=C/c2cccc(OCCOc3ccccc3C)c2)SC1=S. The summed E-state index contributed by atoms with van der Waals surface area (Å²) < 4.78 is 17.5. The van der Waals surface area contributed by atoms with Gasteiger partial charge in [0, 0.05) is 0 Å². The summed E-state index contributed by atoms with van der Waals surface area (Å²) in [6, 6.07) is 22.8. The maximum Gasteiger partial charge on any atom is 0.270 e. The lowest BCUT2D eigenvalue weighted by molar-refractivity contribution is -0.113. The molecule has 0 atom stereocenters. The molecule has 1 aliphatic heterocycles. The van der Waals surface area contributed by atoms with E-state index in [0.717, 1.165) is 16.9 Å². The van der Waals surface area contributed by atoms with E-state index in [1.807, 2.05) is 79.7 Å². The van der Waals surface area contributed by atoms with Gasteiger partial charge in [-0.25, -0.2) is 0 Å². The van der Waals surface area contributed by atoms with Gasteiger partial charge >= 0.3 is 0 Å². The van der Waals surface area contributed by atoms with Crippen molar-refractivity contribution in [2.24, 2.45) is 0 Å². The van der Waals surface area contributed by atoms with Crippen LogP contribution in [0.3, 0.4) is 0 Å². The van der Waals surface area contributed by atoms with Gasteiger partial charge in [-0.05, 0) is 54.5 Å². The van der Waals surface area contributed by atoms with Gasteiger partial charge in [0.05, 0.1) is 17.7 Å². The molecule has 3 aromatic carbocycles. The average Bonchev–Trinajstić information content (AvgIpc) is 3.10. The third-order valence-corrected chi connectivity index (χ3v) is 6.28. The van der Waals surface area contributed by atoms with Crippen LogP contribution in [-0.4, -0.2) is 30.6 Å². The van der Waals surface area contributed by atoms with Gasteiger partial charge in [0.2, 0.25) is 0 Å². The van der Waals surface area contributed by atoms with Crippen molar-refractivity contribution in [3.05, 3.63) is 88.8 Å². The molecule has 1 aliphatic rings. The molecule has 0 aliphatic carbocycles. The summed E-state index contributed by atoms with van der Waals surface area (Å²) in [6.45, 7) is 2.86. The summed E-state index contributed by atoms with van der Waals surface area (Å²) in [4.78, 5) is 15.1. The lowest BCUT2D eigenvalue weighted by atomic mass is 10.2. The van der Waals surface area contributed by atoms with E-state index in [1.165, 1.54) is 16.7 Å². The number of nitrogens with zero attached hydrogens (tertiary/aromatic N) is 1. The van der Waals surface area contributed by atoms with Gasteiger partial charge in [0.15, 0.2) is 4.32 Å². The van der Waals surface area contributed by atoms with Crippen LogP contribution in [0, 0.1) is 6.92 Å². The minimum Gasteiger partial charge on any atom is -0.495 e. The quantitative estimate of drug-likeness (QED) is 0.230. The molecule has 1 heterocycles.